The van der Waals surface area contributed by atoms with Crippen LogP contribution >= 0.6 is 0 Å². The fraction of sp³-hybridized carbons (Fsp3) is 0.222. The number of hydrogen-bond donors (Lipinski definition) is 1. The summed E-state index contributed by atoms with van der Waals surface area (Å²) in [6.07, 6.45) is 4.21. The van der Waals surface area contributed by atoms with E-state index >= 15 is 0 Å². The van der Waals surface area contributed by atoms with Gasteiger partial charge in [-0.3, -0.25) is 0 Å². The van der Waals surface area contributed by atoms with E-state index in [1.807, 2.05) is 38.1 Å². The Balaban J connectivity index is 2.23. The van der Waals surface area contributed by atoms with E-state index in [1.54, 1.807) is 0 Å². The molecular weight excluding hydrogens is 232 g/mol. The van der Waals surface area contributed by atoms with Gasteiger partial charge in [0.05, 0.1) is 6.61 Å². The second-order valence-electron chi connectivity index (χ2n) is 5.41. The van der Waals surface area contributed by atoms with Gasteiger partial charge in [0.2, 0.25) is 0 Å². The van der Waals surface area contributed by atoms with Crippen LogP contribution in [0.5, 0.6) is 0 Å². The maximum Gasteiger partial charge on any atom is 0.0522 e. The zero-order chi connectivity index (χ0) is 13.7. The first-order valence-corrected chi connectivity index (χ1v) is 6.56. The number of hydrogen-bond acceptors (Lipinski definition) is 1. The Hall–Kier alpha value is -1.86. The lowest BCUT2D eigenvalue weighted by atomic mass is 9.85. The van der Waals surface area contributed by atoms with Crippen molar-refractivity contribution in [2.45, 2.75) is 19.3 Å². The van der Waals surface area contributed by atoms with Gasteiger partial charge in [-0.25, -0.2) is 0 Å². The molecule has 1 N–H and O–H groups in total. The van der Waals surface area contributed by atoms with Crippen molar-refractivity contribution in [1.29, 1.82) is 0 Å². The minimum Gasteiger partial charge on any atom is -0.395 e. The van der Waals surface area contributed by atoms with Crippen LogP contribution < -0.4 is 0 Å². The molecule has 0 aliphatic rings. The third-order valence-electron chi connectivity index (χ3n) is 3.33. The molecular formula is C18H20O. The molecule has 0 saturated heterocycles. The lowest BCUT2D eigenvalue weighted by Crippen LogP contribution is -2.21. The third kappa shape index (κ3) is 3.55. The van der Waals surface area contributed by atoms with E-state index in [1.165, 1.54) is 5.56 Å². The molecule has 2 aromatic carbocycles. The summed E-state index contributed by atoms with van der Waals surface area (Å²) >= 11 is 0. The topological polar surface area (TPSA) is 20.2 Å². The third-order valence-corrected chi connectivity index (χ3v) is 3.33. The Morgan fingerprint density at radius 3 is 2.21 bits per heavy atom. The predicted molar refractivity (Wildman–Crippen MR) is 81.9 cm³/mol. The Kier molecular flexibility index (Phi) is 4.18. The summed E-state index contributed by atoms with van der Waals surface area (Å²) in [7, 11) is 0. The van der Waals surface area contributed by atoms with Crippen LogP contribution in [-0.2, 0) is 5.41 Å². The van der Waals surface area contributed by atoms with Gasteiger partial charge >= 0.3 is 0 Å². The van der Waals surface area contributed by atoms with Crippen LogP contribution in [-0.4, -0.2) is 11.7 Å². The average molecular weight is 252 g/mol. The molecule has 1 nitrogen and oxygen atoms in total. The van der Waals surface area contributed by atoms with Crippen molar-refractivity contribution in [2.24, 2.45) is 0 Å². The fourth-order valence-electron chi connectivity index (χ4n) is 1.91. The summed E-state index contributed by atoms with van der Waals surface area (Å²) < 4.78 is 0. The molecule has 0 radical (unpaired) electrons. The molecule has 0 aromatic heterocycles. The van der Waals surface area contributed by atoms with Crippen LogP contribution in [0.1, 0.15) is 30.5 Å². The van der Waals surface area contributed by atoms with Gasteiger partial charge in [0.15, 0.2) is 0 Å². The second kappa shape index (κ2) is 5.85. The van der Waals surface area contributed by atoms with Gasteiger partial charge in [-0.05, 0) is 16.7 Å². The van der Waals surface area contributed by atoms with E-state index < -0.39 is 0 Å². The Morgan fingerprint density at radius 1 is 0.895 bits per heavy atom. The molecule has 0 amide bonds. The van der Waals surface area contributed by atoms with Crippen LogP contribution in [0.15, 0.2) is 54.6 Å². The van der Waals surface area contributed by atoms with Crippen LogP contribution in [0.2, 0.25) is 0 Å². The standard InChI is InChI=1S/C18H20O/c1-18(2,14-19)17-10-6-9-16(13-17)12-11-15-7-4-3-5-8-15/h3-13,19H,14H2,1-2H3/b12-11+. The highest BCUT2D eigenvalue weighted by Gasteiger charge is 2.18. The van der Waals surface area contributed by atoms with E-state index in [9.17, 15) is 5.11 Å². The van der Waals surface area contributed by atoms with E-state index in [0.717, 1.165) is 11.1 Å². The first-order valence-electron chi connectivity index (χ1n) is 6.56. The monoisotopic (exact) mass is 252 g/mol. The van der Waals surface area contributed by atoms with Crippen LogP contribution in [0.3, 0.4) is 0 Å². The molecule has 0 fully saturated rings. The molecule has 98 valence electrons. The van der Waals surface area contributed by atoms with Gasteiger partial charge in [-0.15, -0.1) is 0 Å². The molecule has 0 atom stereocenters. The summed E-state index contributed by atoms with van der Waals surface area (Å²) in [5.41, 5.74) is 3.30. The van der Waals surface area contributed by atoms with Crippen LogP contribution in [0, 0.1) is 0 Å². The highest BCUT2D eigenvalue weighted by molar-refractivity contribution is 5.69. The Morgan fingerprint density at radius 2 is 1.53 bits per heavy atom. The zero-order valence-corrected chi connectivity index (χ0v) is 11.5. The van der Waals surface area contributed by atoms with Crippen molar-refractivity contribution < 1.29 is 5.11 Å². The fourth-order valence-corrected chi connectivity index (χ4v) is 1.91. The molecule has 0 spiro atoms. The zero-order valence-electron chi connectivity index (χ0n) is 11.5. The largest absolute Gasteiger partial charge is 0.395 e. The average Bonchev–Trinajstić information content (AvgIpc) is 2.46. The van der Waals surface area contributed by atoms with E-state index in [4.69, 9.17) is 0 Å². The minimum absolute atomic E-state index is 0.152. The van der Waals surface area contributed by atoms with Crippen molar-refractivity contribution in [3.63, 3.8) is 0 Å². The highest BCUT2D eigenvalue weighted by atomic mass is 16.3. The Bertz CT molecular complexity index is 553. The molecule has 19 heavy (non-hydrogen) atoms. The van der Waals surface area contributed by atoms with E-state index in [2.05, 4.69) is 42.5 Å². The van der Waals surface area contributed by atoms with Gasteiger partial charge in [-0.1, -0.05) is 80.6 Å². The molecule has 2 rings (SSSR count). The summed E-state index contributed by atoms with van der Waals surface area (Å²) in [4.78, 5) is 0. The normalized spacial score (nSPS) is 11.9. The summed E-state index contributed by atoms with van der Waals surface area (Å²) in [5.74, 6) is 0. The smallest absolute Gasteiger partial charge is 0.0522 e. The van der Waals surface area contributed by atoms with Crippen molar-refractivity contribution in [3.05, 3.63) is 71.3 Å². The molecule has 0 saturated carbocycles. The first-order chi connectivity index (χ1) is 9.12. The highest BCUT2D eigenvalue weighted by Crippen LogP contribution is 2.23. The molecule has 0 unspecified atom stereocenters. The quantitative estimate of drug-likeness (QED) is 0.811. The van der Waals surface area contributed by atoms with Gasteiger partial charge in [0.1, 0.15) is 0 Å². The summed E-state index contributed by atoms with van der Waals surface area (Å²) in [6, 6.07) is 18.6. The Labute approximate surface area is 115 Å². The summed E-state index contributed by atoms with van der Waals surface area (Å²) in [6.45, 7) is 4.25. The van der Waals surface area contributed by atoms with Gasteiger partial charge in [0, 0.05) is 5.41 Å². The van der Waals surface area contributed by atoms with Crippen molar-refractivity contribution in [3.8, 4) is 0 Å². The maximum atomic E-state index is 9.43. The lowest BCUT2D eigenvalue weighted by Gasteiger charge is -2.22. The predicted octanol–water partition coefficient (Wildman–Crippen LogP) is 4.13. The number of rotatable bonds is 4. The number of aliphatic hydroxyl groups excluding tert-OH is 1. The van der Waals surface area contributed by atoms with E-state index in [0.29, 0.717) is 0 Å². The lowest BCUT2D eigenvalue weighted by molar-refractivity contribution is 0.218. The summed E-state index contributed by atoms with van der Waals surface area (Å²) in [5, 5.41) is 9.43. The van der Waals surface area contributed by atoms with Crippen LogP contribution in [0.4, 0.5) is 0 Å². The SMILES string of the molecule is CC(C)(CO)c1cccc(/C=C/c2ccccc2)c1. The van der Waals surface area contributed by atoms with Gasteiger partial charge in [-0.2, -0.15) is 0 Å². The second-order valence-corrected chi connectivity index (χ2v) is 5.41. The van der Waals surface area contributed by atoms with Gasteiger partial charge < -0.3 is 5.11 Å². The van der Waals surface area contributed by atoms with Gasteiger partial charge in [0.25, 0.3) is 0 Å². The molecule has 0 aliphatic heterocycles. The number of aliphatic hydroxyl groups is 1. The molecule has 0 bridgehead atoms. The first kappa shape index (κ1) is 13.6. The molecule has 0 aliphatic carbocycles. The minimum atomic E-state index is -0.198. The van der Waals surface area contributed by atoms with E-state index in [-0.39, 0.29) is 12.0 Å². The molecule has 2 aromatic rings. The molecule has 1 heteroatoms. The van der Waals surface area contributed by atoms with Crippen molar-refractivity contribution >= 4 is 12.2 Å². The van der Waals surface area contributed by atoms with Crippen LogP contribution in [0.25, 0.3) is 12.2 Å². The number of benzene rings is 2. The van der Waals surface area contributed by atoms with Crippen molar-refractivity contribution in [2.75, 3.05) is 6.61 Å². The molecule has 0 heterocycles. The maximum absolute atomic E-state index is 9.43. The van der Waals surface area contributed by atoms with Crippen molar-refractivity contribution in [1.82, 2.24) is 0 Å².